The van der Waals surface area contributed by atoms with E-state index in [-0.39, 0.29) is 11.2 Å². The van der Waals surface area contributed by atoms with Crippen molar-refractivity contribution in [3.8, 4) is 11.4 Å². The number of thioether (sulfide) groups is 1. The Labute approximate surface area is 143 Å². The Hall–Kier alpha value is -1.57. The van der Waals surface area contributed by atoms with Crippen molar-refractivity contribution < 1.29 is 9.53 Å². The van der Waals surface area contributed by atoms with Crippen molar-refractivity contribution >= 4 is 29.3 Å². The quantitative estimate of drug-likeness (QED) is 0.856. The number of hydrogen-bond acceptors (Lipinski definition) is 5. The molecule has 3 rings (SSSR count). The average molecular weight is 353 g/mol. The van der Waals surface area contributed by atoms with Gasteiger partial charge >= 0.3 is 0 Å². The Morgan fingerprint density at radius 1 is 1.35 bits per heavy atom. The molecule has 1 aromatic heterocycles. The molecule has 0 saturated carbocycles. The van der Waals surface area contributed by atoms with E-state index >= 15 is 0 Å². The molecule has 0 aliphatic carbocycles. The van der Waals surface area contributed by atoms with Gasteiger partial charge in [-0.2, -0.15) is 0 Å². The molecule has 1 aromatic carbocycles. The molecule has 2 heterocycles. The minimum Gasteiger partial charge on any atom is -0.378 e. The third kappa shape index (κ3) is 4.04. The number of aromatic nitrogens is 3. The van der Waals surface area contributed by atoms with Crippen molar-refractivity contribution in [1.82, 2.24) is 20.1 Å². The topological polar surface area (TPSA) is 71.1 Å². The molecule has 0 bridgehead atoms. The first-order valence-corrected chi connectivity index (χ1v) is 8.61. The summed E-state index contributed by atoms with van der Waals surface area (Å²) in [7, 11) is 0. The van der Waals surface area contributed by atoms with E-state index in [1.165, 1.54) is 11.8 Å². The molecule has 1 unspecified atom stereocenters. The maximum Gasteiger partial charge on any atom is 0.236 e. The lowest BCUT2D eigenvalue weighted by atomic mass is 10.2. The normalized spacial score (nSPS) is 16.3. The molecule has 1 saturated heterocycles. The molecular formula is C15H17ClN4O2S. The SMILES string of the molecule is CC(Sc1n[nH]c(-c2ccc(Cl)cc2)n1)C(=O)N1CCOCC1. The van der Waals surface area contributed by atoms with Crippen LogP contribution < -0.4 is 0 Å². The number of aromatic amines is 1. The van der Waals surface area contributed by atoms with Gasteiger partial charge in [-0.1, -0.05) is 23.4 Å². The van der Waals surface area contributed by atoms with Crippen LogP contribution in [0.1, 0.15) is 6.92 Å². The summed E-state index contributed by atoms with van der Waals surface area (Å²) in [6, 6.07) is 7.35. The Morgan fingerprint density at radius 3 is 2.74 bits per heavy atom. The number of ether oxygens (including phenoxy) is 1. The zero-order valence-electron chi connectivity index (χ0n) is 12.7. The molecule has 23 heavy (non-hydrogen) atoms. The van der Waals surface area contributed by atoms with Crippen LogP contribution in [0.15, 0.2) is 29.4 Å². The predicted octanol–water partition coefficient (Wildman–Crippen LogP) is 2.46. The van der Waals surface area contributed by atoms with Crippen molar-refractivity contribution in [2.75, 3.05) is 26.3 Å². The van der Waals surface area contributed by atoms with Crippen molar-refractivity contribution in [2.45, 2.75) is 17.3 Å². The summed E-state index contributed by atoms with van der Waals surface area (Å²) in [6.07, 6.45) is 0. The van der Waals surface area contributed by atoms with E-state index in [1.54, 1.807) is 12.1 Å². The molecule has 2 aromatic rings. The number of benzene rings is 1. The maximum atomic E-state index is 12.4. The van der Waals surface area contributed by atoms with Gasteiger partial charge in [0.15, 0.2) is 5.82 Å². The summed E-state index contributed by atoms with van der Waals surface area (Å²) in [6.45, 7) is 4.37. The Morgan fingerprint density at radius 2 is 2.04 bits per heavy atom. The Balaban J connectivity index is 1.64. The van der Waals surface area contributed by atoms with Crippen molar-refractivity contribution in [2.24, 2.45) is 0 Å². The van der Waals surface area contributed by atoms with Crippen LogP contribution in [0.2, 0.25) is 5.02 Å². The Kier molecular flexibility index (Phi) is 5.20. The van der Waals surface area contributed by atoms with Crippen LogP contribution >= 0.6 is 23.4 Å². The van der Waals surface area contributed by atoms with Gasteiger partial charge in [0.2, 0.25) is 11.1 Å². The van der Waals surface area contributed by atoms with E-state index in [1.807, 2.05) is 24.0 Å². The van der Waals surface area contributed by atoms with E-state index < -0.39 is 0 Å². The highest BCUT2D eigenvalue weighted by Gasteiger charge is 2.24. The summed E-state index contributed by atoms with van der Waals surface area (Å²) in [5, 5.41) is 8.08. The van der Waals surface area contributed by atoms with E-state index in [9.17, 15) is 4.79 Å². The number of amides is 1. The minimum atomic E-state index is -0.234. The molecule has 1 atom stereocenters. The molecule has 0 spiro atoms. The van der Waals surface area contributed by atoms with Crippen LogP contribution in [0.3, 0.4) is 0 Å². The fourth-order valence-electron chi connectivity index (χ4n) is 2.29. The van der Waals surface area contributed by atoms with Crippen LogP contribution in [-0.2, 0) is 9.53 Å². The predicted molar refractivity (Wildman–Crippen MR) is 89.5 cm³/mol. The van der Waals surface area contributed by atoms with E-state index in [4.69, 9.17) is 16.3 Å². The number of nitrogens with zero attached hydrogens (tertiary/aromatic N) is 3. The fourth-order valence-corrected chi connectivity index (χ4v) is 3.22. The van der Waals surface area contributed by atoms with Gasteiger partial charge in [-0.05, 0) is 31.2 Å². The molecule has 1 aliphatic heterocycles. The number of nitrogens with one attached hydrogen (secondary N) is 1. The lowest BCUT2D eigenvalue weighted by molar-refractivity contribution is -0.134. The average Bonchev–Trinajstić information content (AvgIpc) is 3.04. The maximum absolute atomic E-state index is 12.4. The summed E-state index contributed by atoms with van der Waals surface area (Å²) < 4.78 is 5.27. The molecule has 1 aliphatic rings. The summed E-state index contributed by atoms with van der Waals surface area (Å²) >= 11 is 7.23. The first-order valence-electron chi connectivity index (χ1n) is 7.35. The van der Waals surface area contributed by atoms with Gasteiger partial charge in [0, 0.05) is 23.7 Å². The van der Waals surface area contributed by atoms with E-state index in [0.717, 1.165) is 5.56 Å². The van der Waals surface area contributed by atoms with Crippen LogP contribution in [0, 0.1) is 0 Å². The van der Waals surface area contributed by atoms with Crippen LogP contribution in [0.4, 0.5) is 0 Å². The molecule has 6 nitrogen and oxygen atoms in total. The first kappa shape index (κ1) is 16.3. The van der Waals surface area contributed by atoms with E-state index in [0.29, 0.717) is 42.3 Å². The first-order chi connectivity index (χ1) is 11.1. The molecule has 0 radical (unpaired) electrons. The van der Waals surface area contributed by atoms with Crippen molar-refractivity contribution in [3.05, 3.63) is 29.3 Å². The number of carbonyl (C=O) groups is 1. The largest absolute Gasteiger partial charge is 0.378 e. The van der Waals surface area contributed by atoms with E-state index in [2.05, 4.69) is 15.2 Å². The highest BCUT2D eigenvalue weighted by Crippen LogP contribution is 2.24. The number of H-pyrrole nitrogens is 1. The van der Waals surface area contributed by atoms with Crippen LogP contribution in [-0.4, -0.2) is 57.5 Å². The standard InChI is InChI=1S/C15H17ClN4O2S/c1-10(14(21)20-6-8-22-9-7-20)23-15-17-13(18-19-15)11-2-4-12(16)5-3-11/h2-5,10H,6-9H2,1H3,(H,17,18,19). The lowest BCUT2D eigenvalue weighted by Gasteiger charge is -2.28. The number of morpholine rings is 1. The lowest BCUT2D eigenvalue weighted by Crippen LogP contribution is -2.44. The third-order valence-corrected chi connectivity index (χ3v) is 4.74. The number of rotatable bonds is 4. The summed E-state index contributed by atoms with van der Waals surface area (Å²) in [5.41, 5.74) is 0.904. The third-order valence-electron chi connectivity index (χ3n) is 3.54. The molecule has 1 N–H and O–H groups in total. The molecule has 1 amide bonds. The summed E-state index contributed by atoms with van der Waals surface area (Å²) in [4.78, 5) is 18.6. The Bertz CT molecular complexity index is 670. The van der Waals surface area contributed by atoms with Crippen LogP contribution in [0.5, 0.6) is 0 Å². The van der Waals surface area contributed by atoms with Gasteiger partial charge in [0.25, 0.3) is 0 Å². The van der Waals surface area contributed by atoms with Gasteiger partial charge < -0.3 is 9.64 Å². The highest BCUT2D eigenvalue weighted by molar-refractivity contribution is 8.00. The van der Waals surface area contributed by atoms with Gasteiger partial charge in [0.1, 0.15) is 0 Å². The molecule has 1 fully saturated rings. The number of carbonyl (C=O) groups excluding carboxylic acids is 1. The smallest absolute Gasteiger partial charge is 0.236 e. The molecule has 8 heteroatoms. The van der Waals surface area contributed by atoms with Gasteiger partial charge in [-0.15, -0.1) is 5.10 Å². The van der Waals surface area contributed by atoms with Crippen LogP contribution in [0.25, 0.3) is 11.4 Å². The molecular weight excluding hydrogens is 336 g/mol. The summed E-state index contributed by atoms with van der Waals surface area (Å²) in [5.74, 6) is 0.756. The zero-order chi connectivity index (χ0) is 16.2. The monoisotopic (exact) mass is 352 g/mol. The fraction of sp³-hybridized carbons (Fsp3) is 0.400. The van der Waals surface area contributed by atoms with Gasteiger partial charge in [-0.3, -0.25) is 9.89 Å². The van der Waals surface area contributed by atoms with Gasteiger partial charge in [-0.25, -0.2) is 4.98 Å². The van der Waals surface area contributed by atoms with Crippen molar-refractivity contribution in [1.29, 1.82) is 0 Å². The second-order valence-electron chi connectivity index (χ2n) is 5.17. The minimum absolute atomic E-state index is 0.0937. The molecule has 122 valence electrons. The highest BCUT2D eigenvalue weighted by atomic mass is 35.5. The second-order valence-corrected chi connectivity index (χ2v) is 6.92. The second kappa shape index (κ2) is 7.33. The number of hydrogen-bond donors (Lipinski definition) is 1. The zero-order valence-corrected chi connectivity index (χ0v) is 14.2. The van der Waals surface area contributed by atoms with Gasteiger partial charge in [0.05, 0.1) is 18.5 Å². The van der Waals surface area contributed by atoms with Crippen molar-refractivity contribution in [3.63, 3.8) is 0 Å². The number of halogens is 1.